The van der Waals surface area contributed by atoms with Crippen LogP contribution in [-0.4, -0.2) is 101 Å². The quantitative estimate of drug-likeness (QED) is 0.178. The Labute approximate surface area is 320 Å². The number of anilines is 2. The summed E-state index contributed by atoms with van der Waals surface area (Å²) in [5.41, 5.74) is -1.84. The van der Waals surface area contributed by atoms with Crippen LogP contribution >= 0.6 is 11.3 Å². The van der Waals surface area contributed by atoms with Gasteiger partial charge in [0.2, 0.25) is 0 Å². The number of nitrogens with zero attached hydrogens (tertiary/aromatic N) is 7. The van der Waals surface area contributed by atoms with Crippen LogP contribution in [0.15, 0.2) is 18.2 Å². The molecule has 2 N–H and O–H groups in total. The van der Waals surface area contributed by atoms with Gasteiger partial charge >= 0.3 is 24.4 Å². The second kappa shape index (κ2) is 14.4. The standard InChI is InChI=1S/C37H38F8N8O2S/c1-4-50(3)34(54)51-12-9-20(17-51)53(5-2)32-22-13-24(36(40,41)42)27(21-7-8-25(39)30-26(21)23(15-46)31(47)56-30)28(37(43,44)45)29(22)48-33(49-32)55-18-35-10-6-11-52(35)16-19(38)14-35/h7-8,13,19-20H,4-6,9-12,14,16-18,47H2,1-3H3. The Kier molecular flexibility index (Phi) is 10.1. The number of carbonyl (C=O) groups excluding carboxylic acids is 1. The lowest BCUT2D eigenvalue weighted by atomic mass is 9.88. The number of nitrogens with two attached hydrogens (primary N) is 1. The van der Waals surface area contributed by atoms with Gasteiger partial charge in [0.15, 0.2) is 0 Å². The number of alkyl halides is 7. The van der Waals surface area contributed by atoms with Crippen LogP contribution in [0.4, 0.5) is 50.7 Å². The Bertz CT molecular complexity index is 2240. The van der Waals surface area contributed by atoms with E-state index in [2.05, 4.69) is 9.97 Å². The number of urea groups is 1. The summed E-state index contributed by atoms with van der Waals surface area (Å²) in [7, 11) is 1.61. The number of amides is 2. The lowest BCUT2D eigenvalue weighted by Crippen LogP contribution is -2.44. The van der Waals surface area contributed by atoms with Crippen LogP contribution in [-0.2, 0) is 12.4 Å². The number of fused-ring (bicyclic) bond motifs is 3. The highest BCUT2D eigenvalue weighted by atomic mass is 32.1. The topological polar surface area (TPSA) is 115 Å². The Balaban J connectivity index is 1.50. The van der Waals surface area contributed by atoms with Crippen molar-refractivity contribution in [1.29, 1.82) is 5.26 Å². The SMILES string of the molecule is CCN(C)C(=O)N1CCC(N(CC)c2nc(OCC34CCCN3CC(F)C4)nc3c(C(F)(F)F)c(-c4ccc(F)c5sc(N)c(C#N)c45)c(C(F)(F)F)cc23)C1. The zero-order valence-electron chi connectivity index (χ0n) is 30.6. The fraction of sp³-hybridized carbons (Fsp3) is 0.514. The van der Waals surface area contributed by atoms with Crippen molar-refractivity contribution in [2.75, 3.05) is 63.6 Å². The average molecular weight is 811 g/mol. The molecular weight excluding hydrogens is 773 g/mol. The maximum atomic E-state index is 15.7. The van der Waals surface area contributed by atoms with Gasteiger partial charge in [-0.2, -0.15) is 41.6 Å². The molecule has 7 rings (SSSR count). The summed E-state index contributed by atoms with van der Waals surface area (Å²) in [6.07, 6.45) is -10.4. The summed E-state index contributed by atoms with van der Waals surface area (Å²) in [6, 6.07) is 2.33. The number of aromatic nitrogens is 2. The molecule has 3 aliphatic rings. The fourth-order valence-corrected chi connectivity index (χ4v) is 9.53. The molecule has 56 heavy (non-hydrogen) atoms. The molecule has 0 bridgehead atoms. The van der Waals surface area contributed by atoms with E-state index >= 15 is 30.7 Å². The Morgan fingerprint density at radius 2 is 1.88 bits per heavy atom. The minimum Gasteiger partial charge on any atom is -0.461 e. The molecule has 3 fully saturated rings. The van der Waals surface area contributed by atoms with E-state index < -0.39 is 86.0 Å². The van der Waals surface area contributed by atoms with Gasteiger partial charge in [-0.25, -0.2) is 13.6 Å². The summed E-state index contributed by atoms with van der Waals surface area (Å²) in [4.78, 5) is 28.2. The van der Waals surface area contributed by atoms with Crippen LogP contribution < -0.4 is 15.4 Å². The molecule has 2 amide bonds. The molecule has 3 unspecified atom stereocenters. The molecule has 0 spiro atoms. The molecule has 4 aromatic rings. The first-order valence-corrected chi connectivity index (χ1v) is 19.0. The smallest absolute Gasteiger partial charge is 0.419 e. The lowest BCUT2D eigenvalue weighted by Gasteiger charge is -2.33. The van der Waals surface area contributed by atoms with E-state index in [1.807, 2.05) is 4.90 Å². The third kappa shape index (κ3) is 6.67. The second-order valence-corrected chi connectivity index (χ2v) is 15.5. The van der Waals surface area contributed by atoms with Crippen molar-refractivity contribution in [3.05, 3.63) is 40.7 Å². The summed E-state index contributed by atoms with van der Waals surface area (Å²) >= 11 is 0.530. The van der Waals surface area contributed by atoms with Crippen molar-refractivity contribution in [3.63, 3.8) is 0 Å². The van der Waals surface area contributed by atoms with Gasteiger partial charge in [0.05, 0.1) is 32.4 Å². The van der Waals surface area contributed by atoms with Gasteiger partial charge in [0.1, 0.15) is 35.5 Å². The molecule has 3 saturated heterocycles. The first-order chi connectivity index (χ1) is 26.4. The molecule has 2 aromatic carbocycles. The van der Waals surface area contributed by atoms with Crippen molar-refractivity contribution < 1.29 is 44.7 Å². The molecule has 300 valence electrons. The van der Waals surface area contributed by atoms with Crippen LogP contribution in [0.25, 0.3) is 32.1 Å². The number of nitriles is 1. The first kappa shape index (κ1) is 39.5. The molecule has 19 heteroatoms. The summed E-state index contributed by atoms with van der Waals surface area (Å²) in [5, 5.41) is 8.53. The third-order valence-corrected chi connectivity index (χ3v) is 12.3. The molecule has 5 heterocycles. The van der Waals surface area contributed by atoms with Crippen molar-refractivity contribution in [1.82, 2.24) is 24.7 Å². The van der Waals surface area contributed by atoms with Gasteiger partial charge in [0, 0.05) is 68.6 Å². The third-order valence-electron chi connectivity index (χ3n) is 11.3. The predicted molar refractivity (Wildman–Crippen MR) is 195 cm³/mol. The monoisotopic (exact) mass is 810 g/mol. The number of hydrogen-bond donors (Lipinski definition) is 1. The number of nitrogen functional groups attached to an aromatic ring is 1. The van der Waals surface area contributed by atoms with Crippen LogP contribution in [0.5, 0.6) is 6.01 Å². The van der Waals surface area contributed by atoms with Crippen molar-refractivity contribution in [2.45, 2.75) is 69.6 Å². The summed E-state index contributed by atoms with van der Waals surface area (Å²) in [5.74, 6) is -1.27. The summed E-state index contributed by atoms with van der Waals surface area (Å²) < 4.78 is 128. The number of ether oxygens (including phenoxy) is 1. The van der Waals surface area contributed by atoms with E-state index in [0.29, 0.717) is 43.3 Å². The summed E-state index contributed by atoms with van der Waals surface area (Å²) in [6.45, 7) is 4.87. The van der Waals surface area contributed by atoms with E-state index in [4.69, 9.17) is 10.5 Å². The predicted octanol–water partition coefficient (Wildman–Crippen LogP) is 8.07. The van der Waals surface area contributed by atoms with E-state index in [1.165, 1.54) is 4.90 Å². The van der Waals surface area contributed by atoms with Crippen LogP contribution in [0.3, 0.4) is 0 Å². The lowest BCUT2D eigenvalue weighted by molar-refractivity contribution is -0.141. The molecule has 0 aliphatic carbocycles. The van der Waals surface area contributed by atoms with E-state index in [-0.39, 0.29) is 60.8 Å². The molecule has 10 nitrogen and oxygen atoms in total. The molecule has 0 radical (unpaired) electrons. The number of rotatable bonds is 8. The maximum absolute atomic E-state index is 15.7. The van der Waals surface area contributed by atoms with Crippen LogP contribution in [0.2, 0.25) is 0 Å². The minimum absolute atomic E-state index is 0.0614. The highest BCUT2D eigenvalue weighted by molar-refractivity contribution is 7.23. The highest BCUT2D eigenvalue weighted by Gasteiger charge is 2.50. The zero-order chi connectivity index (χ0) is 40.5. The largest absolute Gasteiger partial charge is 0.461 e. The second-order valence-electron chi connectivity index (χ2n) is 14.5. The Hall–Kier alpha value is -4.70. The molecule has 3 aliphatic heterocycles. The number of hydrogen-bond acceptors (Lipinski definition) is 9. The average Bonchev–Trinajstić information content (AvgIpc) is 3.91. The number of carbonyl (C=O) groups is 1. The van der Waals surface area contributed by atoms with Gasteiger partial charge in [0.25, 0.3) is 0 Å². The number of likely N-dealkylation sites (tertiary alicyclic amines) is 1. The van der Waals surface area contributed by atoms with Crippen molar-refractivity contribution in [2.24, 2.45) is 0 Å². The number of benzene rings is 2. The fourth-order valence-electron chi connectivity index (χ4n) is 8.58. The minimum atomic E-state index is -5.51. The van der Waals surface area contributed by atoms with Gasteiger partial charge in [-0.05, 0) is 57.4 Å². The van der Waals surface area contributed by atoms with Gasteiger partial charge < -0.3 is 25.2 Å². The Morgan fingerprint density at radius 3 is 2.54 bits per heavy atom. The maximum Gasteiger partial charge on any atom is 0.419 e. The molecule has 2 aromatic heterocycles. The number of halogens is 8. The van der Waals surface area contributed by atoms with E-state index in [9.17, 15) is 14.4 Å². The highest BCUT2D eigenvalue weighted by Crippen LogP contribution is 2.52. The normalized spacial score (nSPS) is 21.6. The molecule has 0 saturated carbocycles. The van der Waals surface area contributed by atoms with Crippen molar-refractivity contribution >= 4 is 49.2 Å². The first-order valence-electron chi connectivity index (χ1n) is 18.1. The van der Waals surface area contributed by atoms with E-state index in [0.717, 1.165) is 18.6 Å². The molecular formula is C37H38F8N8O2S. The number of thiophene rings is 1. The Morgan fingerprint density at radius 1 is 1.12 bits per heavy atom. The van der Waals surface area contributed by atoms with Crippen molar-refractivity contribution in [3.8, 4) is 23.2 Å². The van der Waals surface area contributed by atoms with Gasteiger partial charge in [-0.3, -0.25) is 4.90 Å². The van der Waals surface area contributed by atoms with Crippen LogP contribution in [0.1, 0.15) is 56.2 Å². The van der Waals surface area contributed by atoms with Gasteiger partial charge in [-0.15, -0.1) is 11.3 Å². The number of likely N-dealkylation sites (N-methyl/N-ethyl adjacent to an activating group) is 1. The molecule has 3 atom stereocenters. The van der Waals surface area contributed by atoms with Crippen LogP contribution in [0, 0.1) is 17.1 Å². The van der Waals surface area contributed by atoms with E-state index in [1.54, 1.807) is 36.8 Å². The van der Waals surface area contributed by atoms with Gasteiger partial charge in [-0.1, -0.05) is 6.07 Å². The zero-order valence-corrected chi connectivity index (χ0v) is 31.4.